The van der Waals surface area contributed by atoms with Gasteiger partial charge in [0.25, 0.3) is 0 Å². The van der Waals surface area contributed by atoms with Gasteiger partial charge in [-0.1, -0.05) is 15.9 Å². The van der Waals surface area contributed by atoms with Gasteiger partial charge in [-0.3, -0.25) is 0 Å². The molecule has 2 saturated carbocycles. The Morgan fingerprint density at radius 1 is 1.35 bits per heavy atom. The average Bonchev–Trinajstić information content (AvgIpc) is 3.16. The molecule has 2 aliphatic rings. The molecule has 2 fully saturated rings. The van der Waals surface area contributed by atoms with E-state index in [9.17, 15) is 4.39 Å². The maximum Gasteiger partial charge on any atom is 0.123 e. The average molecular weight is 298 g/mol. The van der Waals surface area contributed by atoms with Crippen LogP contribution in [0.5, 0.6) is 0 Å². The molecule has 0 saturated heterocycles. The number of benzene rings is 1. The van der Waals surface area contributed by atoms with E-state index in [0.29, 0.717) is 5.41 Å². The molecule has 0 bridgehead atoms. The standard InChI is InChI=1S/C14H17BrFN/c15-13-4-1-11(16)7-10(13)8-14(5-6-14)9-17-12-2-3-12/h1,4,7,12,17H,2-3,5-6,8-9H2. The molecule has 0 aliphatic heterocycles. The molecule has 1 aromatic rings. The van der Waals surface area contributed by atoms with Gasteiger partial charge in [-0.25, -0.2) is 4.39 Å². The van der Waals surface area contributed by atoms with Gasteiger partial charge in [0.2, 0.25) is 0 Å². The molecule has 0 atom stereocenters. The van der Waals surface area contributed by atoms with E-state index < -0.39 is 0 Å². The zero-order valence-electron chi connectivity index (χ0n) is 9.81. The van der Waals surface area contributed by atoms with Crippen molar-refractivity contribution in [3.05, 3.63) is 34.1 Å². The predicted molar refractivity (Wildman–Crippen MR) is 70.5 cm³/mol. The van der Waals surface area contributed by atoms with Crippen molar-refractivity contribution in [2.45, 2.75) is 38.1 Å². The summed E-state index contributed by atoms with van der Waals surface area (Å²) in [5.41, 5.74) is 1.51. The molecular weight excluding hydrogens is 281 g/mol. The summed E-state index contributed by atoms with van der Waals surface area (Å²) in [6, 6.07) is 5.76. The highest BCUT2D eigenvalue weighted by Gasteiger charge is 2.43. The normalized spacial score (nSPS) is 21.5. The molecule has 0 radical (unpaired) electrons. The maximum absolute atomic E-state index is 13.2. The Labute approximate surface area is 110 Å². The zero-order valence-corrected chi connectivity index (χ0v) is 11.4. The Balaban J connectivity index is 1.66. The largest absolute Gasteiger partial charge is 0.313 e. The molecule has 92 valence electrons. The minimum atomic E-state index is -0.130. The first kappa shape index (κ1) is 11.7. The zero-order chi connectivity index (χ0) is 11.9. The lowest BCUT2D eigenvalue weighted by Crippen LogP contribution is -2.27. The molecule has 0 spiro atoms. The van der Waals surface area contributed by atoms with Crippen LogP contribution in [0.1, 0.15) is 31.2 Å². The number of rotatable bonds is 5. The first-order valence-electron chi connectivity index (χ1n) is 6.34. The quantitative estimate of drug-likeness (QED) is 0.874. The number of halogens is 2. The van der Waals surface area contributed by atoms with Crippen molar-refractivity contribution in [3.63, 3.8) is 0 Å². The Hall–Kier alpha value is -0.410. The van der Waals surface area contributed by atoms with E-state index in [-0.39, 0.29) is 5.82 Å². The summed E-state index contributed by atoms with van der Waals surface area (Å²) in [5.74, 6) is -0.130. The Morgan fingerprint density at radius 3 is 2.76 bits per heavy atom. The number of hydrogen-bond donors (Lipinski definition) is 1. The summed E-state index contributed by atoms with van der Waals surface area (Å²) in [5, 5.41) is 3.60. The van der Waals surface area contributed by atoms with Gasteiger partial charge in [-0.15, -0.1) is 0 Å². The number of hydrogen-bond acceptors (Lipinski definition) is 1. The Bertz CT molecular complexity index is 424. The fourth-order valence-corrected chi connectivity index (χ4v) is 2.71. The molecule has 0 unspecified atom stereocenters. The SMILES string of the molecule is Fc1ccc(Br)c(CC2(CNC3CC3)CC2)c1. The van der Waals surface area contributed by atoms with Crippen molar-refractivity contribution in [1.82, 2.24) is 5.32 Å². The molecule has 3 heteroatoms. The molecule has 0 amide bonds. The Morgan fingerprint density at radius 2 is 2.12 bits per heavy atom. The first-order valence-corrected chi connectivity index (χ1v) is 7.14. The van der Waals surface area contributed by atoms with Crippen molar-refractivity contribution in [3.8, 4) is 0 Å². The summed E-state index contributed by atoms with van der Waals surface area (Å²) in [6.07, 6.45) is 6.20. The predicted octanol–water partition coefficient (Wildman–Crippen LogP) is 3.66. The number of nitrogens with one attached hydrogen (secondary N) is 1. The van der Waals surface area contributed by atoms with Crippen molar-refractivity contribution in [1.29, 1.82) is 0 Å². The molecule has 3 rings (SSSR count). The molecule has 1 N–H and O–H groups in total. The monoisotopic (exact) mass is 297 g/mol. The Kier molecular flexibility index (Phi) is 2.99. The highest BCUT2D eigenvalue weighted by atomic mass is 79.9. The van der Waals surface area contributed by atoms with Crippen molar-refractivity contribution in [2.75, 3.05) is 6.54 Å². The highest BCUT2D eigenvalue weighted by Crippen LogP contribution is 2.49. The summed E-state index contributed by atoms with van der Waals surface area (Å²) < 4.78 is 14.3. The van der Waals surface area contributed by atoms with E-state index in [1.165, 1.54) is 31.7 Å². The second kappa shape index (κ2) is 4.36. The van der Waals surface area contributed by atoms with Crippen LogP contribution in [0.15, 0.2) is 22.7 Å². The summed E-state index contributed by atoms with van der Waals surface area (Å²) in [6.45, 7) is 1.10. The van der Waals surface area contributed by atoms with Gasteiger partial charge in [0.1, 0.15) is 5.82 Å². The first-order chi connectivity index (χ1) is 8.17. The third-order valence-corrected chi connectivity index (χ3v) is 4.65. The molecule has 1 aromatic carbocycles. The van der Waals surface area contributed by atoms with Gasteiger partial charge in [0, 0.05) is 17.1 Å². The molecule has 0 heterocycles. The fraction of sp³-hybridized carbons (Fsp3) is 0.571. The highest BCUT2D eigenvalue weighted by molar-refractivity contribution is 9.10. The van der Waals surface area contributed by atoms with Crippen LogP contribution in [0.2, 0.25) is 0 Å². The van der Waals surface area contributed by atoms with E-state index >= 15 is 0 Å². The van der Waals surface area contributed by atoms with E-state index in [1.54, 1.807) is 6.07 Å². The molecular formula is C14H17BrFN. The summed E-state index contributed by atoms with van der Waals surface area (Å²) in [7, 11) is 0. The van der Waals surface area contributed by atoms with Crippen LogP contribution < -0.4 is 5.32 Å². The summed E-state index contributed by atoms with van der Waals surface area (Å²) >= 11 is 3.52. The van der Waals surface area contributed by atoms with Crippen LogP contribution in [-0.2, 0) is 6.42 Å². The van der Waals surface area contributed by atoms with E-state index in [2.05, 4.69) is 21.2 Å². The van der Waals surface area contributed by atoms with Gasteiger partial charge in [0.15, 0.2) is 0 Å². The minimum Gasteiger partial charge on any atom is -0.313 e. The topological polar surface area (TPSA) is 12.0 Å². The second-order valence-electron chi connectivity index (χ2n) is 5.57. The molecule has 0 aromatic heterocycles. The lowest BCUT2D eigenvalue weighted by molar-refractivity contribution is 0.452. The lowest BCUT2D eigenvalue weighted by atomic mass is 9.96. The van der Waals surface area contributed by atoms with Gasteiger partial charge >= 0.3 is 0 Å². The van der Waals surface area contributed by atoms with Crippen LogP contribution in [-0.4, -0.2) is 12.6 Å². The van der Waals surface area contributed by atoms with Crippen LogP contribution in [0, 0.1) is 11.2 Å². The van der Waals surface area contributed by atoms with Gasteiger partial charge < -0.3 is 5.32 Å². The third-order valence-electron chi connectivity index (χ3n) is 3.87. The summed E-state index contributed by atoms with van der Waals surface area (Å²) in [4.78, 5) is 0. The van der Waals surface area contributed by atoms with Gasteiger partial charge in [0.05, 0.1) is 0 Å². The van der Waals surface area contributed by atoms with Crippen LogP contribution in [0.4, 0.5) is 4.39 Å². The van der Waals surface area contributed by atoms with E-state index in [0.717, 1.165) is 29.0 Å². The molecule has 17 heavy (non-hydrogen) atoms. The van der Waals surface area contributed by atoms with Gasteiger partial charge in [-0.2, -0.15) is 0 Å². The minimum absolute atomic E-state index is 0.130. The fourth-order valence-electron chi connectivity index (χ4n) is 2.32. The van der Waals surface area contributed by atoms with E-state index in [1.807, 2.05) is 6.07 Å². The third kappa shape index (κ3) is 2.89. The van der Waals surface area contributed by atoms with Crippen LogP contribution in [0.3, 0.4) is 0 Å². The van der Waals surface area contributed by atoms with Crippen molar-refractivity contribution < 1.29 is 4.39 Å². The van der Waals surface area contributed by atoms with Gasteiger partial charge in [-0.05, 0) is 61.3 Å². The smallest absolute Gasteiger partial charge is 0.123 e. The van der Waals surface area contributed by atoms with Crippen molar-refractivity contribution in [2.24, 2.45) is 5.41 Å². The lowest BCUT2D eigenvalue weighted by Gasteiger charge is -2.17. The van der Waals surface area contributed by atoms with Crippen molar-refractivity contribution >= 4 is 15.9 Å². The maximum atomic E-state index is 13.2. The second-order valence-corrected chi connectivity index (χ2v) is 6.42. The molecule has 2 aliphatic carbocycles. The van der Waals surface area contributed by atoms with Crippen LogP contribution >= 0.6 is 15.9 Å². The van der Waals surface area contributed by atoms with Crippen LogP contribution in [0.25, 0.3) is 0 Å². The molecule has 1 nitrogen and oxygen atoms in total. The van der Waals surface area contributed by atoms with E-state index in [4.69, 9.17) is 0 Å².